The number of aryl methyl sites for hydroxylation is 1. The Morgan fingerprint density at radius 2 is 1.61 bits per heavy atom. The first-order valence-electron chi connectivity index (χ1n) is 25.0. The molecule has 3 N–H and O–H groups in total. The van der Waals surface area contributed by atoms with E-state index in [1.54, 1.807) is 29.2 Å². The molecule has 70 heavy (non-hydrogen) atoms. The van der Waals surface area contributed by atoms with Gasteiger partial charge in [0.15, 0.2) is 5.82 Å². The number of hydrogen-bond donors (Lipinski definition) is 3. The molecular formula is C52H58F3N11O4. The number of anilines is 2. The molecule has 5 aliphatic heterocycles. The number of carbonyl (C=O) groups is 2. The van der Waals surface area contributed by atoms with Crippen LogP contribution in [0.2, 0.25) is 0 Å². The molecule has 18 heteroatoms. The summed E-state index contributed by atoms with van der Waals surface area (Å²) in [6.07, 6.45) is 9.37. The second-order valence-corrected chi connectivity index (χ2v) is 20.8. The van der Waals surface area contributed by atoms with Crippen LogP contribution in [0.5, 0.6) is 11.8 Å². The fourth-order valence-electron chi connectivity index (χ4n) is 12.0. The summed E-state index contributed by atoms with van der Waals surface area (Å²) >= 11 is 0. The lowest BCUT2D eigenvalue weighted by Crippen LogP contribution is -2.54. The van der Waals surface area contributed by atoms with Crippen molar-refractivity contribution in [2.45, 2.75) is 88.5 Å². The third-order valence-corrected chi connectivity index (χ3v) is 16.0. The molecule has 3 unspecified atom stereocenters. The number of halogens is 3. The van der Waals surface area contributed by atoms with Crippen molar-refractivity contribution >= 4 is 55.9 Å². The molecule has 0 spiro atoms. The number of alkyl halides is 1. The number of rotatable bonds is 12. The number of fused-ring (bicyclic) bond motifs is 5. The summed E-state index contributed by atoms with van der Waals surface area (Å²) in [5.74, 6) is -1.18. The summed E-state index contributed by atoms with van der Waals surface area (Å²) in [5.41, 5.74) is 1.23. The molecule has 12 rings (SSSR count). The Kier molecular flexibility index (Phi) is 11.3. The number of hydrogen-bond acceptors (Lipinski definition) is 13. The van der Waals surface area contributed by atoms with E-state index in [1.165, 1.54) is 12.1 Å². The second-order valence-electron chi connectivity index (χ2n) is 20.8. The van der Waals surface area contributed by atoms with Crippen LogP contribution >= 0.6 is 0 Å². The summed E-state index contributed by atoms with van der Waals surface area (Å²) < 4.78 is 57.1. The van der Waals surface area contributed by atoms with Crippen LogP contribution in [0.25, 0.3) is 43.8 Å². The van der Waals surface area contributed by atoms with Gasteiger partial charge in [-0.2, -0.15) is 15.1 Å². The van der Waals surface area contributed by atoms with Crippen molar-refractivity contribution in [3.8, 4) is 23.0 Å². The molecule has 15 nitrogen and oxygen atoms in total. The maximum atomic E-state index is 17.2. The Labute approximate surface area is 403 Å². The summed E-state index contributed by atoms with van der Waals surface area (Å²) in [4.78, 5) is 47.6. The SMILES string of the molecule is CCc1c(F)ccc2cc(O)cc(-c3ncc4c(N5CC6CCC(C5)N6)nc(OCC5(CN6CCC(F)(CN7CCN(c8ccc9c(cnn9C9CCC(=O)NC9=O)c8)CC7)CC6)CC5)nc4c3F)c12. The maximum absolute atomic E-state index is 17.2. The van der Waals surface area contributed by atoms with Crippen molar-refractivity contribution in [3.05, 3.63) is 72.1 Å². The van der Waals surface area contributed by atoms with Gasteiger partial charge in [0, 0.05) is 112 Å². The van der Waals surface area contributed by atoms with Crippen LogP contribution in [0.3, 0.4) is 0 Å². The molecule has 2 bridgehead atoms. The third kappa shape index (κ3) is 8.44. The number of likely N-dealkylation sites (tertiary alicyclic amines) is 1. The Morgan fingerprint density at radius 3 is 2.36 bits per heavy atom. The van der Waals surface area contributed by atoms with E-state index in [1.807, 2.05) is 13.0 Å². The minimum atomic E-state index is -1.27. The van der Waals surface area contributed by atoms with Gasteiger partial charge in [0.05, 0.1) is 23.7 Å². The lowest BCUT2D eigenvalue weighted by molar-refractivity contribution is -0.135. The zero-order valence-electron chi connectivity index (χ0n) is 39.4. The van der Waals surface area contributed by atoms with Crippen LogP contribution in [0.1, 0.15) is 69.9 Å². The Morgan fingerprint density at radius 1 is 0.843 bits per heavy atom. The predicted octanol–water partition coefficient (Wildman–Crippen LogP) is 6.44. The Hall–Kier alpha value is -6.11. The van der Waals surface area contributed by atoms with Gasteiger partial charge in [0.1, 0.15) is 40.3 Å². The Bertz CT molecular complexity index is 3030. The normalized spacial score (nSPS) is 23.7. The molecule has 6 aliphatic rings. The minimum Gasteiger partial charge on any atom is -0.508 e. The van der Waals surface area contributed by atoms with Crippen LogP contribution in [-0.4, -0.2) is 141 Å². The van der Waals surface area contributed by atoms with E-state index in [0.717, 1.165) is 75.0 Å². The zero-order valence-corrected chi connectivity index (χ0v) is 39.4. The van der Waals surface area contributed by atoms with Crippen molar-refractivity contribution in [1.29, 1.82) is 0 Å². The van der Waals surface area contributed by atoms with Gasteiger partial charge >= 0.3 is 6.01 Å². The molecule has 8 heterocycles. The standard InChI is InChI=1S/C52H58F3N11O4/c1-2-37-40(53)7-3-31-22-36(67)23-38(44(31)37)46-45(54)47-39(25-56-46)48(65-26-33-4-5-34(27-65)58-33)61-50(60-47)70-30-51(11-12-51)28-62-15-13-52(55,14-16-62)29-63-17-19-64(20-18-63)35-6-8-41-32(21-35)24-57-66(41)42-9-10-43(68)59-49(42)69/h3,6-8,21-25,33-34,42,58,67H,2,4-5,9-20,26-30H2,1H3,(H,59,68,69). The first kappa shape index (κ1) is 45.1. The number of aromatic nitrogens is 5. The van der Waals surface area contributed by atoms with E-state index >= 15 is 13.2 Å². The maximum Gasteiger partial charge on any atom is 0.319 e. The highest BCUT2D eigenvalue weighted by Gasteiger charge is 2.47. The van der Waals surface area contributed by atoms with E-state index in [-0.39, 0.29) is 45.8 Å². The monoisotopic (exact) mass is 957 g/mol. The lowest BCUT2D eigenvalue weighted by Gasteiger charge is -2.43. The zero-order chi connectivity index (χ0) is 47.9. The highest BCUT2D eigenvalue weighted by Crippen LogP contribution is 2.48. The number of amides is 2. The van der Waals surface area contributed by atoms with Crippen LogP contribution in [0.4, 0.5) is 24.7 Å². The molecule has 6 aromatic rings. The van der Waals surface area contributed by atoms with E-state index in [4.69, 9.17) is 14.7 Å². The van der Waals surface area contributed by atoms with Gasteiger partial charge in [-0.3, -0.25) is 29.5 Å². The van der Waals surface area contributed by atoms with E-state index < -0.39 is 23.3 Å². The van der Waals surface area contributed by atoms with Crippen molar-refractivity contribution in [1.82, 2.24) is 45.2 Å². The molecule has 0 radical (unpaired) electrons. The largest absolute Gasteiger partial charge is 0.508 e. The van der Waals surface area contributed by atoms with Gasteiger partial charge in [0.25, 0.3) is 5.91 Å². The topological polar surface area (TPSA) is 157 Å². The number of carbonyl (C=O) groups excluding carboxylic acids is 2. The van der Waals surface area contributed by atoms with E-state index in [0.29, 0.717) is 111 Å². The van der Waals surface area contributed by atoms with Crippen LogP contribution in [0.15, 0.2) is 54.9 Å². The highest BCUT2D eigenvalue weighted by atomic mass is 19.1. The first-order chi connectivity index (χ1) is 33.9. The summed E-state index contributed by atoms with van der Waals surface area (Å²) in [7, 11) is 0. The Balaban J connectivity index is 0.700. The molecule has 2 amide bonds. The molecule has 3 aromatic carbocycles. The van der Waals surface area contributed by atoms with Gasteiger partial charge < -0.3 is 29.9 Å². The average molecular weight is 958 g/mol. The van der Waals surface area contributed by atoms with Crippen molar-refractivity contribution in [3.63, 3.8) is 0 Å². The van der Waals surface area contributed by atoms with E-state index in [9.17, 15) is 14.7 Å². The molecule has 1 aliphatic carbocycles. The quantitative estimate of drug-likeness (QED) is 0.115. The number of aromatic hydroxyl groups is 1. The predicted molar refractivity (Wildman–Crippen MR) is 260 cm³/mol. The smallest absolute Gasteiger partial charge is 0.319 e. The van der Waals surface area contributed by atoms with Crippen LogP contribution in [0, 0.1) is 17.0 Å². The fourth-order valence-corrected chi connectivity index (χ4v) is 12.0. The fraction of sp³-hybridized carbons (Fsp3) is 0.500. The average Bonchev–Trinajstić information content (AvgIpc) is 3.86. The molecule has 366 valence electrons. The molecule has 1 saturated carbocycles. The van der Waals surface area contributed by atoms with E-state index in [2.05, 4.69) is 52.4 Å². The highest BCUT2D eigenvalue weighted by molar-refractivity contribution is 6.02. The molecular weight excluding hydrogens is 900 g/mol. The summed E-state index contributed by atoms with van der Waals surface area (Å²) in [6.45, 7) is 9.14. The number of phenolic OH excluding ortho intramolecular Hbond substituents is 1. The summed E-state index contributed by atoms with van der Waals surface area (Å²) in [5, 5.41) is 23.8. The molecule has 6 fully saturated rings. The first-order valence-corrected chi connectivity index (χ1v) is 25.0. The molecule has 3 atom stereocenters. The van der Waals surface area contributed by atoms with Gasteiger partial charge in [-0.1, -0.05) is 13.0 Å². The van der Waals surface area contributed by atoms with Crippen LogP contribution < -0.4 is 25.2 Å². The van der Waals surface area contributed by atoms with Gasteiger partial charge in [0.2, 0.25) is 5.91 Å². The number of piperazine rings is 2. The van der Waals surface area contributed by atoms with Crippen molar-refractivity contribution in [2.24, 2.45) is 5.41 Å². The second kappa shape index (κ2) is 17.6. The number of imide groups is 1. The number of piperidine rings is 2. The van der Waals surface area contributed by atoms with Gasteiger partial charge in [-0.15, -0.1) is 0 Å². The number of pyridine rings is 1. The van der Waals surface area contributed by atoms with Crippen LogP contribution in [-0.2, 0) is 16.0 Å². The molecule has 3 aromatic heterocycles. The third-order valence-electron chi connectivity index (χ3n) is 16.0. The molecule has 5 saturated heterocycles. The number of nitrogens with one attached hydrogen (secondary N) is 2. The minimum absolute atomic E-state index is 0.0341. The van der Waals surface area contributed by atoms with Crippen molar-refractivity contribution in [2.75, 3.05) is 81.9 Å². The van der Waals surface area contributed by atoms with Crippen molar-refractivity contribution < 1.29 is 32.6 Å². The number of phenols is 1. The lowest BCUT2D eigenvalue weighted by atomic mass is 9.91. The number of nitrogens with zero attached hydrogens (tertiary/aromatic N) is 9. The number of benzene rings is 3. The van der Waals surface area contributed by atoms with Gasteiger partial charge in [-0.05, 0) is 104 Å². The summed E-state index contributed by atoms with van der Waals surface area (Å²) in [6, 6.07) is 12.2. The number of ether oxygens (including phenoxy) is 1. The van der Waals surface area contributed by atoms with Gasteiger partial charge in [-0.25, -0.2) is 13.2 Å².